The molecule has 0 aliphatic heterocycles. The summed E-state index contributed by atoms with van der Waals surface area (Å²) >= 11 is 0. The SMILES string of the molecule is [2H]c1c([2H])c([2H])c(-n2c3c([2H])c([2H])c([2H])c([2H])c3c3c4c5c([2H])c([2H])c([2H])c([2H])c5n(-c5ccc6c7ccccc7n(-c7ccccc7)c6c5)c4c([2H])c([2H])c32)c(C)c1[2H]. The third kappa shape index (κ3) is 3.37. The maximum atomic E-state index is 9.76. The summed E-state index contributed by atoms with van der Waals surface area (Å²) in [7, 11) is 0. The molecule has 0 saturated carbocycles. The summed E-state index contributed by atoms with van der Waals surface area (Å²) in [6.07, 6.45) is 0. The summed E-state index contributed by atoms with van der Waals surface area (Å²) < 4.78 is 131. The van der Waals surface area contributed by atoms with Crippen LogP contribution in [0.5, 0.6) is 0 Å². The van der Waals surface area contributed by atoms with E-state index < -0.39 is 84.6 Å². The van der Waals surface area contributed by atoms with Gasteiger partial charge in [-0.05, 0) is 73.0 Å². The number of fused-ring (bicyclic) bond motifs is 10. The lowest BCUT2D eigenvalue weighted by Crippen LogP contribution is -1.97. The van der Waals surface area contributed by atoms with E-state index in [2.05, 4.69) is 4.57 Å². The second-order valence-corrected chi connectivity index (χ2v) is 11.2. The van der Waals surface area contributed by atoms with Gasteiger partial charge in [0.15, 0.2) is 0 Å². The first-order valence-corrected chi connectivity index (χ1v) is 14.7. The minimum atomic E-state index is -0.643. The summed E-state index contributed by atoms with van der Waals surface area (Å²) in [6.45, 7) is 1.44. The Hall–Kier alpha value is -6.06. The summed E-state index contributed by atoms with van der Waals surface area (Å²) in [6, 6.07) is 15.6. The van der Waals surface area contributed by atoms with Crippen LogP contribution < -0.4 is 0 Å². The maximum Gasteiger partial charge on any atom is 0.0646 e. The van der Waals surface area contributed by atoms with Gasteiger partial charge in [-0.1, -0.05) is 96.8 Å². The summed E-state index contributed by atoms with van der Waals surface area (Å²) in [4.78, 5) is 0. The van der Waals surface area contributed by atoms with Crippen LogP contribution in [0.2, 0.25) is 0 Å². The molecule has 10 aromatic rings. The first-order valence-electron chi connectivity index (χ1n) is 21.7. The number of para-hydroxylation sites is 5. The van der Waals surface area contributed by atoms with Gasteiger partial charge in [-0.3, -0.25) is 0 Å². The molecule has 3 heterocycles. The average molecular weight is 602 g/mol. The van der Waals surface area contributed by atoms with Crippen LogP contribution in [-0.2, 0) is 0 Å². The van der Waals surface area contributed by atoms with Crippen LogP contribution in [0.25, 0.3) is 82.5 Å². The molecule has 0 aliphatic rings. The van der Waals surface area contributed by atoms with Gasteiger partial charge >= 0.3 is 0 Å². The highest BCUT2D eigenvalue weighted by molar-refractivity contribution is 6.29. The molecular weight excluding hydrogens is 558 g/mol. The van der Waals surface area contributed by atoms with E-state index in [-0.39, 0.29) is 54.9 Å². The van der Waals surface area contributed by atoms with E-state index in [9.17, 15) is 8.22 Å². The quantitative estimate of drug-likeness (QED) is 0.191. The molecule has 0 amide bonds. The van der Waals surface area contributed by atoms with Gasteiger partial charge in [-0.2, -0.15) is 0 Å². The predicted octanol–water partition coefficient (Wildman–Crippen LogP) is 11.3. The summed E-state index contributed by atoms with van der Waals surface area (Å²) in [5, 5.41) is 1.62. The molecule has 0 spiro atoms. The van der Waals surface area contributed by atoms with Crippen molar-refractivity contribution in [1.82, 2.24) is 13.7 Å². The fraction of sp³-hybridized carbons (Fsp3) is 0.0233. The first kappa shape index (κ1) is 15.3. The Balaban J connectivity index is 1.50. The van der Waals surface area contributed by atoms with Crippen molar-refractivity contribution in [3.8, 4) is 17.1 Å². The lowest BCUT2D eigenvalue weighted by molar-refractivity contribution is 1.15. The minimum Gasteiger partial charge on any atom is -0.309 e. The second-order valence-electron chi connectivity index (χ2n) is 11.2. The van der Waals surface area contributed by atoms with E-state index >= 15 is 0 Å². The Bertz CT molecular complexity index is 3570. The molecule has 3 aromatic heterocycles. The zero-order chi connectivity index (χ0) is 42.5. The molecule has 216 valence electrons. The Kier molecular flexibility index (Phi) is 3.15. The van der Waals surface area contributed by atoms with Crippen LogP contribution in [-0.4, -0.2) is 13.7 Å². The van der Waals surface area contributed by atoms with Crippen LogP contribution in [0.15, 0.2) is 157 Å². The molecular formula is C43H29N3. The minimum absolute atomic E-state index is 0.0176. The van der Waals surface area contributed by atoms with Crippen LogP contribution in [0.3, 0.4) is 0 Å². The van der Waals surface area contributed by atoms with Crippen molar-refractivity contribution < 1.29 is 19.2 Å². The van der Waals surface area contributed by atoms with Crippen molar-refractivity contribution in [2.45, 2.75) is 6.92 Å². The van der Waals surface area contributed by atoms with Gasteiger partial charge in [0.2, 0.25) is 0 Å². The lowest BCUT2D eigenvalue weighted by Gasteiger charge is -2.12. The van der Waals surface area contributed by atoms with Crippen LogP contribution in [0, 0.1) is 6.92 Å². The van der Waals surface area contributed by atoms with Gasteiger partial charge in [0.05, 0.1) is 52.3 Å². The molecule has 0 saturated heterocycles. The maximum absolute atomic E-state index is 9.76. The van der Waals surface area contributed by atoms with Crippen LogP contribution in [0.1, 0.15) is 24.8 Å². The highest BCUT2D eigenvalue weighted by Crippen LogP contribution is 2.43. The van der Waals surface area contributed by atoms with E-state index in [1.807, 2.05) is 66.7 Å². The number of aromatic nitrogens is 3. The van der Waals surface area contributed by atoms with Gasteiger partial charge in [0, 0.05) is 49.4 Å². The Morgan fingerprint density at radius 3 is 1.78 bits per heavy atom. The van der Waals surface area contributed by atoms with Gasteiger partial charge in [0.1, 0.15) is 0 Å². The van der Waals surface area contributed by atoms with Gasteiger partial charge in [-0.25, -0.2) is 0 Å². The number of rotatable bonds is 3. The van der Waals surface area contributed by atoms with Crippen LogP contribution >= 0.6 is 0 Å². The van der Waals surface area contributed by atoms with E-state index in [0.717, 1.165) is 27.5 Å². The van der Waals surface area contributed by atoms with E-state index in [4.69, 9.17) is 11.0 Å². The van der Waals surface area contributed by atoms with Crippen molar-refractivity contribution in [2.24, 2.45) is 0 Å². The smallest absolute Gasteiger partial charge is 0.0646 e. The third-order valence-electron chi connectivity index (χ3n) is 8.75. The number of benzene rings is 7. The number of hydrogen-bond acceptors (Lipinski definition) is 0. The Morgan fingerprint density at radius 2 is 1.00 bits per heavy atom. The fourth-order valence-electron chi connectivity index (χ4n) is 6.86. The molecule has 0 N–H and O–H groups in total. The summed E-state index contributed by atoms with van der Waals surface area (Å²) in [5.74, 6) is 0. The molecule has 0 atom stereocenters. The largest absolute Gasteiger partial charge is 0.309 e. The van der Waals surface area contributed by atoms with Crippen molar-refractivity contribution in [3.63, 3.8) is 0 Å². The van der Waals surface area contributed by atoms with Crippen molar-refractivity contribution in [3.05, 3.63) is 163 Å². The van der Waals surface area contributed by atoms with E-state index in [0.29, 0.717) is 5.69 Å². The monoisotopic (exact) mass is 601 g/mol. The lowest BCUT2D eigenvalue weighted by atomic mass is 10.1. The van der Waals surface area contributed by atoms with Crippen molar-refractivity contribution >= 4 is 65.4 Å². The van der Waals surface area contributed by atoms with Gasteiger partial charge in [-0.15, -0.1) is 0 Å². The van der Waals surface area contributed by atoms with E-state index in [1.54, 1.807) is 6.07 Å². The topological polar surface area (TPSA) is 14.8 Å². The molecule has 46 heavy (non-hydrogen) atoms. The van der Waals surface area contributed by atoms with Gasteiger partial charge in [0.25, 0.3) is 0 Å². The van der Waals surface area contributed by atoms with Crippen molar-refractivity contribution in [1.29, 1.82) is 0 Å². The molecule has 0 bridgehead atoms. The number of nitrogens with zero attached hydrogens (tertiary/aromatic N) is 3. The number of hydrogen-bond donors (Lipinski definition) is 0. The first-order chi connectivity index (χ1) is 28.6. The Morgan fingerprint density at radius 1 is 0.413 bits per heavy atom. The molecule has 0 unspecified atom stereocenters. The molecule has 3 heteroatoms. The zero-order valence-corrected chi connectivity index (χ0v) is 24.3. The van der Waals surface area contributed by atoms with Crippen molar-refractivity contribution in [2.75, 3.05) is 0 Å². The summed E-state index contributed by atoms with van der Waals surface area (Å²) in [5.41, 5.74) is 2.27. The predicted molar refractivity (Wildman–Crippen MR) is 194 cm³/mol. The molecule has 10 rings (SSSR count). The molecule has 0 fully saturated rings. The van der Waals surface area contributed by atoms with Crippen LogP contribution in [0.4, 0.5) is 0 Å². The normalized spacial score (nSPS) is 16.3. The molecule has 0 aliphatic carbocycles. The second kappa shape index (κ2) is 9.47. The highest BCUT2D eigenvalue weighted by Gasteiger charge is 2.21. The average Bonchev–Trinajstić information content (AvgIpc) is 3.91. The molecule has 0 radical (unpaired) electrons. The Labute approximate surface area is 285 Å². The standard InChI is InChI=1S/C43H29N3/c1-28-13-5-9-19-35(28)46-38-22-12-8-18-34(38)43-40(46)26-25-39-42(43)33-17-7-11-21-37(33)45(39)30-23-24-32-31-16-6-10-20-36(31)44(41(32)27-30)29-14-3-2-4-15-29/h2-27H,1H3/i5D,7D,8D,9D,11D,12D,13D,17D,18D,19D,21D,22D,25D,26D. The molecule has 7 aromatic carbocycles. The van der Waals surface area contributed by atoms with E-state index in [1.165, 1.54) is 16.1 Å². The zero-order valence-electron chi connectivity index (χ0n) is 38.3. The highest BCUT2D eigenvalue weighted by atomic mass is 15.0. The molecule has 3 nitrogen and oxygen atoms in total. The van der Waals surface area contributed by atoms with Gasteiger partial charge < -0.3 is 13.7 Å². The third-order valence-corrected chi connectivity index (χ3v) is 8.75. The fourth-order valence-corrected chi connectivity index (χ4v) is 6.86.